The normalized spacial score (nSPS) is 23.9. The number of hydrogen-bond donors (Lipinski definition) is 0. The first kappa shape index (κ1) is 10.9. The van der Waals surface area contributed by atoms with Gasteiger partial charge in [-0.25, -0.2) is 0 Å². The molecule has 0 amide bonds. The van der Waals surface area contributed by atoms with Crippen molar-refractivity contribution in [1.82, 2.24) is 0 Å². The van der Waals surface area contributed by atoms with Crippen molar-refractivity contribution >= 4 is 28.1 Å². The van der Waals surface area contributed by atoms with Crippen LogP contribution in [-0.4, -0.2) is 13.2 Å². The van der Waals surface area contributed by atoms with Gasteiger partial charge in [0, 0.05) is 17.5 Å². The lowest BCUT2D eigenvalue weighted by molar-refractivity contribution is 0.121. The maximum absolute atomic E-state index is 5.48. The van der Waals surface area contributed by atoms with E-state index in [-0.39, 0.29) is 6.10 Å². The monoisotopic (exact) mass is 266 g/mol. The van der Waals surface area contributed by atoms with Crippen molar-refractivity contribution in [3.8, 4) is 0 Å². The van der Waals surface area contributed by atoms with Crippen LogP contribution in [0.2, 0.25) is 0 Å². The summed E-state index contributed by atoms with van der Waals surface area (Å²) < 4.78 is 6.62. The first-order valence-corrected chi connectivity index (χ1v) is 6.06. The molecule has 2 unspecified atom stereocenters. The highest BCUT2D eigenvalue weighted by Crippen LogP contribution is 2.16. The third-order valence-corrected chi connectivity index (χ3v) is 3.45. The van der Waals surface area contributed by atoms with Crippen molar-refractivity contribution < 1.29 is 4.74 Å². The van der Waals surface area contributed by atoms with Crippen molar-refractivity contribution in [2.24, 2.45) is 5.92 Å². The van der Waals surface area contributed by atoms with Gasteiger partial charge in [-0.2, -0.15) is 0 Å². The lowest BCUT2D eigenvalue weighted by Gasteiger charge is -2.22. The highest BCUT2D eigenvalue weighted by atomic mass is 79.9. The Balaban J connectivity index is 2.56. The molecule has 0 aliphatic heterocycles. The van der Waals surface area contributed by atoms with Crippen molar-refractivity contribution in [3.63, 3.8) is 0 Å². The largest absolute Gasteiger partial charge is 0.377 e. The summed E-state index contributed by atoms with van der Waals surface area (Å²) in [6, 6.07) is 6.37. The van der Waals surface area contributed by atoms with E-state index in [1.54, 1.807) is 7.11 Å². The smallest absolute Gasteiger partial charge is 0.0823 e. The summed E-state index contributed by atoms with van der Waals surface area (Å²) in [4.78, 5) is 0. The zero-order valence-corrected chi connectivity index (χ0v) is 10.6. The summed E-state index contributed by atoms with van der Waals surface area (Å²) in [5, 5.41) is 2.58. The quantitative estimate of drug-likeness (QED) is 0.797. The molecule has 1 aliphatic rings. The molecular formula is C13H15BrO. The molecule has 2 heteroatoms. The molecule has 15 heavy (non-hydrogen) atoms. The van der Waals surface area contributed by atoms with Crippen LogP contribution in [0.15, 0.2) is 22.7 Å². The van der Waals surface area contributed by atoms with Crippen LogP contribution in [-0.2, 0) is 4.74 Å². The average Bonchev–Trinajstić information content (AvgIpc) is 2.27. The lowest BCUT2D eigenvalue weighted by atomic mass is 9.92. The number of fused-ring (bicyclic) bond motifs is 1. The Hall–Kier alpha value is -0.600. The molecule has 0 heterocycles. The average molecular weight is 267 g/mol. The molecule has 0 aromatic heterocycles. The standard InChI is InChI=1S/C13H15BrO/c1-3-9-6-11-7-12(14)5-4-10(11)8-13(9)15-2/h4-9,13H,3H2,1-2H3. The van der Waals surface area contributed by atoms with E-state index in [4.69, 9.17) is 4.74 Å². The van der Waals surface area contributed by atoms with E-state index in [9.17, 15) is 0 Å². The van der Waals surface area contributed by atoms with Gasteiger partial charge in [-0.3, -0.25) is 0 Å². The van der Waals surface area contributed by atoms with E-state index >= 15 is 0 Å². The first-order chi connectivity index (χ1) is 7.24. The van der Waals surface area contributed by atoms with Gasteiger partial charge < -0.3 is 4.74 Å². The predicted octanol–water partition coefficient (Wildman–Crippen LogP) is 2.06. The Kier molecular flexibility index (Phi) is 3.27. The van der Waals surface area contributed by atoms with Gasteiger partial charge in [-0.1, -0.05) is 35.0 Å². The maximum atomic E-state index is 5.48. The highest BCUT2D eigenvalue weighted by Gasteiger charge is 2.17. The number of benzene rings is 1. The van der Waals surface area contributed by atoms with E-state index in [1.807, 2.05) is 0 Å². The van der Waals surface area contributed by atoms with Crippen LogP contribution in [0.4, 0.5) is 0 Å². The number of ether oxygens (including phenoxy) is 1. The van der Waals surface area contributed by atoms with Gasteiger partial charge in [-0.15, -0.1) is 0 Å². The fraction of sp³-hybridized carbons (Fsp3) is 0.385. The molecule has 80 valence electrons. The molecule has 1 aromatic rings. The van der Waals surface area contributed by atoms with E-state index in [2.05, 4.69) is 53.2 Å². The maximum Gasteiger partial charge on any atom is 0.0823 e. The second-order valence-corrected chi connectivity index (χ2v) is 4.79. The van der Waals surface area contributed by atoms with Crippen LogP contribution in [0.3, 0.4) is 0 Å². The Labute approximate surface area is 98.6 Å². The van der Waals surface area contributed by atoms with E-state index in [0.29, 0.717) is 5.92 Å². The Morgan fingerprint density at radius 3 is 2.73 bits per heavy atom. The zero-order chi connectivity index (χ0) is 10.8. The fourth-order valence-electron chi connectivity index (χ4n) is 2.06. The number of rotatable bonds is 2. The van der Waals surface area contributed by atoms with Crippen LogP contribution in [0.1, 0.15) is 13.3 Å². The topological polar surface area (TPSA) is 9.23 Å². The molecule has 1 aliphatic carbocycles. The predicted molar refractivity (Wildman–Crippen MR) is 66.9 cm³/mol. The molecule has 0 radical (unpaired) electrons. The highest BCUT2D eigenvalue weighted by molar-refractivity contribution is 9.10. The summed E-state index contributed by atoms with van der Waals surface area (Å²) in [6.45, 7) is 2.20. The van der Waals surface area contributed by atoms with Gasteiger partial charge in [-0.05, 0) is 35.1 Å². The van der Waals surface area contributed by atoms with Gasteiger partial charge in [0.25, 0.3) is 0 Å². The van der Waals surface area contributed by atoms with Crippen molar-refractivity contribution in [3.05, 3.63) is 33.1 Å². The molecule has 0 saturated heterocycles. The molecule has 0 bridgehead atoms. The second kappa shape index (κ2) is 4.50. The molecule has 0 saturated carbocycles. The Morgan fingerprint density at radius 2 is 2.07 bits per heavy atom. The summed E-state index contributed by atoms with van der Waals surface area (Å²) in [5.41, 5.74) is 0. The van der Waals surface area contributed by atoms with Crippen LogP contribution in [0.25, 0.3) is 12.2 Å². The molecule has 2 atom stereocenters. The Morgan fingerprint density at radius 1 is 1.27 bits per heavy atom. The van der Waals surface area contributed by atoms with Crippen molar-refractivity contribution in [2.75, 3.05) is 7.11 Å². The van der Waals surface area contributed by atoms with Gasteiger partial charge in [0.05, 0.1) is 6.10 Å². The first-order valence-electron chi connectivity index (χ1n) is 5.26. The molecule has 0 fully saturated rings. The minimum atomic E-state index is 0.226. The third kappa shape index (κ3) is 2.16. The molecule has 2 rings (SSSR count). The number of hydrogen-bond acceptors (Lipinski definition) is 1. The van der Waals surface area contributed by atoms with Gasteiger partial charge in [0.2, 0.25) is 0 Å². The molecular weight excluding hydrogens is 252 g/mol. The van der Waals surface area contributed by atoms with E-state index in [1.165, 1.54) is 10.4 Å². The minimum Gasteiger partial charge on any atom is -0.377 e. The van der Waals surface area contributed by atoms with Gasteiger partial charge in [0.15, 0.2) is 0 Å². The van der Waals surface area contributed by atoms with Crippen LogP contribution in [0, 0.1) is 5.92 Å². The van der Waals surface area contributed by atoms with Crippen LogP contribution < -0.4 is 10.4 Å². The minimum absolute atomic E-state index is 0.226. The summed E-state index contributed by atoms with van der Waals surface area (Å²) in [6.07, 6.45) is 5.87. The molecule has 1 nitrogen and oxygen atoms in total. The van der Waals surface area contributed by atoms with Crippen molar-refractivity contribution in [1.29, 1.82) is 0 Å². The van der Waals surface area contributed by atoms with Crippen molar-refractivity contribution in [2.45, 2.75) is 19.4 Å². The molecule has 0 spiro atoms. The van der Waals surface area contributed by atoms with E-state index < -0.39 is 0 Å². The fourth-order valence-corrected chi connectivity index (χ4v) is 2.44. The second-order valence-electron chi connectivity index (χ2n) is 3.88. The molecule has 1 aromatic carbocycles. The summed E-state index contributed by atoms with van der Waals surface area (Å²) >= 11 is 3.50. The van der Waals surface area contributed by atoms with Crippen LogP contribution in [0.5, 0.6) is 0 Å². The zero-order valence-electron chi connectivity index (χ0n) is 9.03. The lowest BCUT2D eigenvalue weighted by Crippen LogP contribution is -2.35. The van der Waals surface area contributed by atoms with E-state index in [0.717, 1.165) is 10.9 Å². The summed E-state index contributed by atoms with van der Waals surface area (Å²) in [7, 11) is 1.78. The number of halogens is 1. The molecule has 0 N–H and O–H groups in total. The van der Waals surface area contributed by atoms with Gasteiger partial charge in [0.1, 0.15) is 0 Å². The third-order valence-electron chi connectivity index (χ3n) is 2.95. The SMILES string of the molecule is CCC1C=c2cc(Br)ccc2=CC1OC. The summed E-state index contributed by atoms with van der Waals surface area (Å²) in [5.74, 6) is 0.497. The number of methoxy groups -OCH3 is 1. The Bertz CT molecular complexity index is 464. The van der Waals surface area contributed by atoms with Crippen LogP contribution >= 0.6 is 15.9 Å². The van der Waals surface area contributed by atoms with Gasteiger partial charge >= 0.3 is 0 Å².